The molecule has 1 heterocycles. The first-order valence-electron chi connectivity index (χ1n) is 9.61. The second kappa shape index (κ2) is 10.3. The lowest BCUT2D eigenvalue weighted by Gasteiger charge is -2.26. The number of ether oxygens (including phenoxy) is 3. The smallest absolute Gasteiger partial charge is 0.341 e. The zero-order chi connectivity index (χ0) is 24.1. The lowest BCUT2D eigenvalue weighted by molar-refractivity contribution is -0.139. The number of carbonyl (C=O) groups is 4. The summed E-state index contributed by atoms with van der Waals surface area (Å²) in [4.78, 5) is 49.6. The van der Waals surface area contributed by atoms with Crippen molar-refractivity contribution in [2.75, 3.05) is 25.2 Å². The Kier molecular flexibility index (Phi) is 7.53. The van der Waals surface area contributed by atoms with Gasteiger partial charge in [0.1, 0.15) is 11.3 Å². The maximum atomic E-state index is 13.1. The first-order chi connectivity index (χ1) is 15.7. The Hall–Kier alpha value is -3.61. The molecule has 0 spiro atoms. The molecule has 2 N–H and O–H groups in total. The zero-order valence-electron chi connectivity index (χ0n) is 17.6. The highest BCUT2D eigenvalue weighted by atomic mass is 127. The van der Waals surface area contributed by atoms with Gasteiger partial charge in [0.15, 0.2) is 18.1 Å². The summed E-state index contributed by atoms with van der Waals surface area (Å²) < 4.78 is 16.5. The van der Waals surface area contributed by atoms with Crippen LogP contribution in [0.5, 0.6) is 17.2 Å². The summed E-state index contributed by atoms with van der Waals surface area (Å²) in [6.07, 6.45) is 1.33. The third-order valence-corrected chi connectivity index (χ3v) is 5.22. The van der Waals surface area contributed by atoms with Crippen LogP contribution in [-0.2, 0) is 14.4 Å². The molecule has 0 radical (unpaired) electrons. The average molecular weight is 566 g/mol. The number of nitrogens with one attached hydrogen (secondary N) is 1. The van der Waals surface area contributed by atoms with Gasteiger partial charge in [-0.1, -0.05) is 0 Å². The number of anilines is 1. The minimum atomic E-state index is -1.15. The van der Waals surface area contributed by atoms with Gasteiger partial charge in [0.2, 0.25) is 0 Å². The van der Waals surface area contributed by atoms with E-state index < -0.39 is 30.4 Å². The number of hydrogen-bond donors (Lipinski definition) is 2. The summed E-state index contributed by atoms with van der Waals surface area (Å²) in [6, 6.07) is 8.47. The van der Waals surface area contributed by atoms with E-state index in [1.165, 1.54) is 31.4 Å². The summed E-state index contributed by atoms with van der Waals surface area (Å²) in [7, 11) is 1.49. The van der Waals surface area contributed by atoms with Crippen molar-refractivity contribution in [1.82, 2.24) is 5.32 Å². The van der Waals surface area contributed by atoms with Crippen molar-refractivity contribution in [2.45, 2.75) is 6.92 Å². The van der Waals surface area contributed by atoms with E-state index in [-0.39, 0.29) is 29.4 Å². The molecule has 0 aromatic heterocycles. The van der Waals surface area contributed by atoms with Crippen molar-refractivity contribution in [1.29, 1.82) is 0 Å². The molecule has 33 heavy (non-hydrogen) atoms. The van der Waals surface area contributed by atoms with Gasteiger partial charge in [0.25, 0.3) is 11.8 Å². The van der Waals surface area contributed by atoms with Gasteiger partial charge in [-0.2, -0.15) is 0 Å². The number of urea groups is 1. The van der Waals surface area contributed by atoms with E-state index in [9.17, 15) is 19.2 Å². The minimum absolute atomic E-state index is 0.233. The molecule has 4 amide bonds. The number of aliphatic carboxylic acids is 1. The van der Waals surface area contributed by atoms with Crippen LogP contribution in [0.4, 0.5) is 10.5 Å². The van der Waals surface area contributed by atoms with E-state index in [1.54, 1.807) is 25.1 Å². The second-order valence-corrected chi connectivity index (χ2v) is 7.76. The number of benzene rings is 2. The van der Waals surface area contributed by atoms with E-state index in [0.29, 0.717) is 14.9 Å². The van der Waals surface area contributed by atoms with Crippen LogP contribution in [0, 0.1) is 3.57 Å². The number of amides is 4. The Labute approximate surface area is 202 Å². The molecule has 0 bridgehead atoms. The van der Waals surface area contributed by atoms with E-state index in [4.69, 9.17) is 19.3 Å². The first kappa shape index (κ1) is 24.0. The maximum Gasteiger partial charge on any atom is 0.341 e. The van der Waals surface area contributed by atoms with Crippen LogP contribution in [0.2, 0.25) is 0 Å². The van der Waals surface area contributed by atoms with E-state index in [1.807, 2.05) is 22.6 Å². The highest BCUT2D eigenvalue weighted by Crippen LogP contribution is 2.35. The average Bonchev–Trinajstić information content (AvgIpc) is 2.76. The third kappa shape index (κ3) is 5.42. The summed E-state index contributed by atoms with van der Waals surface area (Å²) in [5.74, 6) is -1.76. The molecule has 1 fully saturated rings. The number of carbonyl (C=O) groups excluding carboxylic acids is 3. The van der Waals surface area contributed by atoms with Gasteiger partial charge in [0, 0.05) is 0 Å². The number of rotatable bonds is 8. The molecule has 11 heteroatoms. The van der Waals surface area contributed by atoms with Gasteiger partial charge in [0.05, 0.1) is 23.0 Å². The van der Waals surface area contributed by atoms with Crippen LogP contribution in [-0.4, -0.2) is 49.2 Å². The van der Waals surface area contributed by atoms with Gasteiger partial charge in [-0.05, 0) is 77.6 Å². The van der Waals surface area contributed by atoms with E-state index >= 15 is 0 Å². The molecular weight excluding hydrogens is 547 g/mol. The van der Waals surface area contributed by atoms with Gasteiger partial charge in [-0.15, -0.1) is 0 Å². The summed E-state index contributed by atoms with van der Waals surface area (Å²) in [5.41, 5.74) is 0.426. The Balaban J connectivity index is 1.99. The molecule has 1 saturated heterocycles. The minimum Gasteiger partial charge on any atom is -0.497 e. The highest BCUT2D eigenvalue weighted by Gasteiger charge is 2.36. The Bertz CT molecular complexity index is 1140. The number of carboxylic acids is 1. The largest absolute Gasteiger partial charge is 0.497 e. The maximum absolute atomic E-state index is 13.1. The molecular formula is C22H19IN2O8. The van der Waals surface area contributed by atoms with Gasteiger partial charge >= 0.3 is 12.0 Å². The molecule has 1 aliphatic rings. The van der Waals surface area contributed by atoms with Crippen LogP contribution in [0.25, 0.3) is 6.08 Å². The van der Waals surface area contributed by atoms with Gasteiger partial charge in [-0.25, -0.2) is 14.5 Å². The monoisotopic (exact) mass is 566 g/mol. The predicted molar refractivity (Wildman–Crippen MR) is 125 cm³/mol. The van der Waals surface area contributed by atoms with Crippen LogP contribution in [0.1, 0.15) is 12.5 Å². The van der Waals surface area contributed by atoms with Crippen molar-refractivity contribution in [3.8, 4) is 17.2 Å². The Morgan fingerprint density at radius 2 is 1.85 bits per heavy atom. The molecule has 172 valence electrons. The van der Waals surface area contributed by atoms with Crippen molar-refractivity contribution >= 4 is 58.2 Å². The number of barbiturate groups is 1. The van der Waals surface area contributed by atoms with Crippen LogP contribution in [0.15, 0.2) is 42.0 Å². The topological polar surface area (TPSA) is 131 Å². The van der Waals surface area contributed by atoms with E-state index in [2.05, 4.69) is 5.32 Å². The quantitative estimate of drug-likeness (QED) is 0.284. The molecule has 3 rings (SSSR count). The number of imide groups is 2. The van der Waals surface area contributed by atoms with E-state index in [0.717, 1.165) is 4.90 Å². The molecule has 0 atom stereocenters. The lowest BCUT2D eigenvalue weighted by Crippen LogP contribution is -2.54. The standard InChI is InChI=1S/C22H19IN2O8/c1-3-32-17-10-12(9-16(23)19(17)33-11-18(26)27)8-15-20(28)24-22(30)25(21(15)29)13-4-6-14(31-2)7-5-13/h4-10H,3,11H2,1-2H3,(H,26,27)(H,24,28,30)/b15-8+. The molecule has 2 aromatic carbocycles. The molecule has 0 saturated carbocycles. The van der Waals surface area contributed by atoms with Crippen molar-refractivity contribution in [3.63, 3.8) is 0 Å². The second-order valence-electron chi connectivity index (χ2n) is 6.60. The Morgan fingerprint density at radius 3 is 2.45 bits per heavy atom. The van der Waals surface area contributed by atoms with Crippen LogP contribution < -0.4 is 24.4 Å². The molecule has 1 aliphatic heterocycles. The fraction of sp³-hybridized carbons (Fsp3) is 0.182. The number of methoxy groups -OCH3 is 1. The molecule has 0 unspecified atom stereocenters. The predicted octanol–water partition coefficient (Wildman–Crippen LogP) is 2.83. The van der Waals surface area contributed by atoms with Gasteiger partial charge in [-0.3, -0.25) is 14.9 Å². The highest BCUT2D eigenvalue weighted by molar-refractivity contribution is 14.1. The number of hydrogen-bond acceptors (Lipinski definition) is 7. The molecule has 2 aromatic rings. The number of halogens is 1. The van der Waals surface area contributed by atoms with Crippen LogP contribution in [0.3, 0.4) is 0 Å². The summed E-state index contributed by atoms with van der Waals surface area (Å²) >= 11 is 1.94. The summed E-state index contributed by atoms with van der Waals surface area (Å²) in [5, 5.41) is 11.0. The third-order valence-electron chi connectivity index (χ3n) is 4.41. The summed E-state index contributed by atoms with van der Waals surface area (Å²) in [6.45, 7) is 1.46. The normalized spacial score (nSPS) is 14.8. The Morgan fingerprint density at radius 1 is 1.15 bits per heavy atom. The fourth-order valence-corrected chi connectivity index (χ4v) is 3.78. The van der Waals surface area contributed by atoms with Crippen molar-refractivity contribution in [2.24, 2.45) is 0 Å². The lowest BCUT2D eigenvalue weighted by atomic mass is 10.1. The van der Waals surface area contributed by atoms with Crippen molar-refractivity contribution in [3.05, 3.63) is 51.1 Å². The SMILES string of the molecule is CCOc1cc(/C=C2\C(=O)NC(=O)N(c3ccc(OC)cc3)C2=O)cc(I)c1OCC(=O)O. The first-order valence-corrected chi connectivity index (χ1v) is 10.7. The van der Waals surface area contributed by atoms with Crippen molar-refractivity contribution < 1.29 is 38.5 Å². The molecule has 10 nitrogen and oxygen atoms in total. The van der Waals surface area contributed by atoms with Gasteiger partial charge < -0.3 is 19.3 Å². The van der Waals surface area contributed by atoms with Crippen LogP contribution >= 0.6 is 22.6 Å². The molecule has 0 aliphatic carbocycles. The fourth-order valence-electron chi connectivity index (χ4n) is 3.00. The number of carboxylic acid groups (broad SMARTS) is 1. The zero-order valence-corrected chi connectivity index (χ0v) is 19.7. The number of nitrogens with zero attached hydrogens (tertiary/aromatic N) is 1.